The van der Waals surface area contributed by atoms with Gasteiger partial charge in [-0.25, -0.2) is 15.4 Å². The van der Waals surface area contributed by atoms with Crippen molar-refractivity contribution in [2.24, 2.45) is 0 Å². The Labute approximate surface area is 78.6 Å². The highest BCUT2D eigenvalue weighted by atomic mass is 16.1. The van der Waals surface area contributed by atoms with Gasteiger partial charge < -0.3 is 0 Å². The van der Waals surface area contributed by atoms with Crippen molar-refractivity contribution >= 4 is 17.1 Å². The van der Waals surface area contributed by atoms with Crippen molar-refractivity contribution in [1.82, 2.24) is 25.4 Å². The summed E-state index contributed by atoms with van der Waals surface area (Å²) in [7, 11) is 1.67. The molecule has 14 heavy (non-hydrogen) atoms. The largest absolute Gasteiger partial charge is 0.291 e. The fourth-order valence-electron chi connectivity index (χ4n) is 1.05. The molecule has 2 heterocycles. The van der Waals surface area contributed by atoms with Gasteiger partial charge in [0.25, 0.3) is 5.56 Å². The first-order chi connectivity index (χ1) is 6.81. The number of aromatic nitrogens is 4. The molecule has 2 aromatic heterocycles. The molecular formula is C7H8N6O. The Hall–Kier alpha value is -2.02. The van der Waals surface area contributed by atoms with Crippen molar-refractivity contribution in [2.75, 3.05) is 12.5 Å². The molecule has 3 N–H and O–H groups in total. The van der Waals surface area contributed by atoms with Crippen molar-refractivity contribution in [3.63, 3.8) is 0 Å². The van der Waals surface area contributed by atoms with E-state index in [1.807, 2.05) is 0 Å². The third-order valence-electron chi connectivity index (χ3n) is 1.59. The van der Waals surface area contributed by atoms with Crippen LogP contribution in [0.1, 0.15) is 0 Å². The summed E-state index contributed by atoms with van der Waals surface area (Å²) in [6.45, 7) is 0. The van der Waals surface area contributed by atoms with Crippen LogP contribution in [0.5, 0.6) is 0 Å². The number of H-pyrrole nitrogens is 1. The Balaban J connectivity index is 2.66. The molecule has 7 heteroatoms. The lowest BCUT2D eigenvalue weighted by atomic mass is 10.5. The number of aromatic amines is 1. The maximum atomic E-state index is 11.4. The number of hydrogen-bond donors (Lipinski definition) is 3. The molecule has 0 spiro atoms. The highest BCUT2D eigenvalue weighted by Crippen LogP contribution is 2.00. The number of fused-ring (bicyclic) bond motifs is 1. The van der Waals surface area contributed by atoms with Crippen LogP contribution in [0.4, 0.5) is 5.95 Å². The van der Waals surface area contributed by atoms with E-state index >= 15 is 0 Å². The lowest BCUT2D eigenvalue weighted by Crippen LogP contribution is -2.21. The van der Waals surface area contributed by atoms with Crippen LogP contribution in [-0.2, 0) is 0 Å². The van der Waals surface area contributed by atoms with Gasteiger partial charge in [0, 0.05) is 19.4 Å². The molecule has 0 aliphatic rings. The first-order valence-electron chi connectivity index (χ1n) is 3.95. The van der Waals surface area contributed by atoms with Crippen LogP contribution in [0.3, 0.4) is 0 Å². The minimum absolute atomic E-state index is 0.231. The molecular weight excluding hydrogens is 184 g/mol. The fourth-order valence-corrected chi connectivity index (χ4v) is 1.05. The highest BCUT2D eigenvalue weighted by molar-refractivity contribution is 5.68. The Bertz CT molecular complexity index is 507. The van der Waals surface area contributed by atoms with Crippen molar-refractivity contribution in [3.05, 3.63) is 22.7 Å². The summed E-state index contributed by atoms with van der Waals surface area (Å²) in [6.07, 6.45) is 2.93. The summed E-state index contributed by atoms with van der Waals surface area (Å²) < 4.78 is 0. The molecule has 0 aromatic carbocycles. The predicted molar refractivity (Wildman–Crippen MR) is 50.6 cm³/mol. The van der Waals surface area contributed by atoms with Gasteiger partial charge in [0.2, 0.25) is 5.95 Å². The van der Waals surface area contributed by atoms with Crippen LogP contribution in [0.15, 0.2) is 17.2 Å². The molecule has 72 valence electrons. The standard InChI is InChI=1S/C7H8N6O/c1-8-13-7-11-5-4(6(14)12-7)9-2-3-10-5/h2-3,8H,1H3,(H2,10,11,12,13,14). The van der Waals surface area contributed by atoms with Gasteiger partial charge in [-0.05, 0) is 0 Å². The molecule has 7 nitrogen and oxygen atoms in total. The number of anilines is 1. The molecule has 2 aromatic rings. The molecule has 0 bridgehead atoms. The van der Waals surface area contributed by atoms with Gasteiger partial charge >= 0.3 is 0 Å². The number of hydrazine groups is 1. The molecule has 0 saturated carbocycles. The van der Waals surface area contributed by atoms with Crippen LogP contribution < -0.4 is 16.4 Å². The number of nitrogens with one attached hydrogen (secondary N) is 3. The van der Waals surface area contributed by atoms with Crippen molar-refractivity contribution in [1.29, 1.82) is 0 Å². The molecule has 0 amide bonds. The van der Waals surface area contributed by atoms with E-state index in [2.05, 4.69) is 30.8 Å². The summed E-state index contributed by atoms with van der Waals surface area (Å²) in [5.41, 5.74) is 5.53. The van der Waals surface area contributed by atoms with Crippen LogP contribution in [0.25, 0.3) is 11.2 Å². The van der Waals surface area contributed by atoms with Crippen LogP contribution in [-0.4, -0.2) is 27.0 Å². The third-order valence-corrected chi connectivity index (χ3v) is 1.59. The number of hydrogen-bond acceptors (Lipinski definition) is 6. The van der Waals surface area contributed by atoms with Crippen molar-refractivity contribution < 1.29 is 0 Å². The lowest BCUT2D eigenvalue weighted by molar-refractivity contribution is 0.935. The Morgan fingerprint density at radius 3 is 2.93 bits per heavy atom. The molecule has 0 aliphatic carbocycles. The van der Waals surface area contributed by atoms with E-state index in [4.69, 9.17) is 0 Å². The van der Waals surface area contributed by atoms with E-state index in [-0.39, 0.29) is 11.1 Å². The van der Waals surface area contributed by atoms with Crippen LogP contribution >= 0.6 is 0 Å². The second kappa shape index (κ2) is 3.38. The second-order valence-corrected chi connectivity index (χ2v) is 2.52. The summed E-state index contributed by atoms with van der Waals surface area (Å²) in [4.78, 5) is 25.7. The van der Waals surface area contributed by atoms with Crippen LogP contribution in [0.2, 0.25) is 0 Å². The first-order valence-corrected chi connectivity index (χ1v) is 3.95. The summed E-state index contributed by atoms with van der Waals surface area (Å²) in [6, 6.07) is 0. The van der Waals surface area contributed by atoms with Crippen molar-refractivity contribution in [2.45, 2.75) is 0 Å². The minimum atomic E-state index is -0.319. The zero-order chi connectivity index (χ0) is 9.97. The molecule has 0 unspecified atom stereocenters. The summed E-state index contributed by atoms with van der Waals surface area (Å²) in [5, 5.41) is 0. The van der Waals surface area contributed by atoms with E-state index in [9.17, 15) is 4.79 Å². The zero-order valence-electron chi connectivity index (χ0n) is 7.40. The monoisotopic (exact) mass is 192 g/mol. The van der Waals surface area contributed by atoms with Gasteiger partial charge in [-0.1, -0.05) is 0 Å². The van der Waals surface area contributed by atoms with Crippen LogP contribution in [0, 0.1) is 0 Å². The SMILES string of the molecule is CNNc1nc2nccnc2c(=O)[nH]1. The lowest BCUT2D eigenvalue weighted by Gasteiger charge is -2.02. The first kappa shape index (κ1) is 8.57. The normalized spacial score (nSPS) is 10.4. The Morgan fingerprint density at radius 1 is 1.36 bits per heavy atom. The van der Waals surface area contributed by atoms with Crippen molar-refractivity contribution in [3.8, 4) is 0 Å². The average Bonchev–Trinajstić information content (AvgIpc) is 2.18. The number of rotatable bonds is 2. The average molecular weight is 192 g/mol. The van der Waals surface area contributed by atoms with Gasteiger partial charge in [0.1, 0.15) is 0 Å². The molecule has 0 fully saturated rings. The molecule has 0 aliphatic heterocycles. The fraction of sp³-hybridized carbons (Fsp3) is 0.143. The molecule has 0 saturated heterocycles. The second-order valence-electron chi connectivity index (χ2n) is 2.52. The predicted octanol–water partition coefficient (Wildman–Crippen LogP) is -0.741. The van der Waals surface area contributed by atoms with Gasteiger partial charge in [0.05, 0.1) is 0 Å². The van der Waals surface area contributed by atoms with E-state index in [0.29, 0.717) is 11.6 Å². The maximum Gasteiger partial charge on any atom is 0.280 e. The van der Waals surface area contributed by atoms with Gasteiger partial charge in [-0.3, -0.25) is 15.2 Å². The zero-order valence-corrected chi connectivity index (χ0v) is 7.40. The topological polar surface area (TPSA) is 95.6 Å². The molecule has 0 atom stereocenters. The smallest absolute Gasteiger partial charge is 0.280 e. The summed E-state index contributed by atoms with van der Waals surface area (Å²) in [5.74, 6) is 0.311. The summed E-state index contributed by atoms with van der Waals surface area (Å²) >= 11 is 0. The van der Waals surface area contributed by atoms with E-state index in [1.165, 1.54) is 12.4 Å². The Kier molecular flexibility index (Phi) is 2.07. The van der Waals surface area contributed by atoms with E-state index in [1.54, 1.807) is 7.05 Å². The maximum absolute atomic E-state index is 11.4. The minimum Gasteiger partial charge on any atom is -0.291 e. The quantitative estimate of drug-likeness (QED) is 0.542. The van der Waals surface area contributed by atoms with Gasteiger partial charge in [-0.2, -0.15) is 4.98 Å². The van der Waals surface area contributed by atoms with E-state index in [0.717, 1.165) is 0 Å². The van der Waals surface area contributed by atoms with Gasteiger partial charge in [-0.15, -0.1) is 0 Å². The molecule has 2 rings (SSSR count). The number of nitrogens with zero attached hydrogens (tertiary/aromatic N) is 3. The molecule has 0 radical (unpaired) electrons. The Morgan fingerprint density at radius 2 is 2.14 bits per heavy atom. The van der Waals surface area contributed by atoms with E-state index < -0.39 is 0 Å². The highest BCUT2D eigenvalue weighted by Gasteiger charge is 2.03. The van der Waals surface area contributed by atoms with Gasteiger partial charge in [0.15, 0.2) is 11.2 Å². The third kappa shape index (κ3) is 1.40.